The second-order valence-electron chi connectivity index (χ2n) is 5.92. The number of nitrogens with zero attached hydrogens (tertiary/aromatic N) is 5. The van der Waals surface area contributed by atoms with Crippen LogP contribution in [-0.2, 0) is 13.1 Å². The highest BCUT2D eigenvalue weighted by Gasteiger charge is 2.07. The Hall–Kier alpha value is -3.42. The van der Waals surface area contributed by atoms with Crippen LogP contribution in [0.4, 0.5) is 10.6 Å². The van der Waals surface area contributed by atoms with E-state index in [-0.39, 0.29) is 6.03 Å². The lowest BCUT2D eigenvalue weighted by Gasteiger charge is -2.16. The summed E-state index contributed by atoms with van der Waals surface area (Å²) in [6, 6.07) is 11.3. The number of aromatic nitrogens is 4. The van der Waals surface area contributed by atoms with Crippen LogP contribution >= 0.6 is 0 Å². The number of anilines is 1. The summed E-state index contributed by atoms with van der Waals surface area (Å²) in [6.07, 6.45) is 4.87. The van der Waals surface area contributed by atoms with Crippen LogP contribution < -0.4 is 15.5 Å². The average Bonchev–Trinajstić information content (AvgIpc) is 3.20. The second kappa shape index (κ2) is 8.11. The largest absolute Gasteiger partial charge is 0.362 e. The Morgan fingerprint density at radius 1 is 1.12 bits per heavy atom. The zero-order valence-corrected chi connectivity index (χ0v) is 14.8. The third-order valence-electron chi connectivity index (χ3n) is 3.80. The van der Waals surface area contributed by atoms with E-state index in [1.165, 1.54) is 6.33 Å². The molecule has 0 saturated heterocycles. The van der Waals surface area contributed by atoms with Gasteiger partial charge in [0.15, 0.2) is 0 Å². The lowest BCUT2D eigenvalue weighted by molar-refractivity contribution is 0.240. The van der Waals surface area contributed by atoms with Gasteiger partial charge in [-0.3, -0.25) is 0 Å². The van der Waals surface area contributed by atoms with Crippen LogP contribution in [0.5, 0.6) is 0 Å². The van der Waals surface area contributed by atoms with Gasteiger partial charge in [0.25, 0.3) is 0 Å². The summed E-state index contributed by atoms with van der Waals surface area (Å²) in [4.78, 5) is 22.2. The molecule has 0 aliphatic heterocycles. The van der Waals surface area contributed by atoms with E-state index in [4.69, 9.17) is 0 Å². The number of nitrogens with one attached hydrogen (secondary N) is 2. The molecular formula is C18H21N7O. The van der Waals surface area contributed by atoms with Gasteiger partial charge in [0, 0.05) is 38.9 Å². The Labute approximate surface area is 151 Å². The number of rotatable bonds is 6. The summed E-state index contributed by atoms with van der Waals surface area (Å²) in [5, 5.41) is 9.79. The van der Waals surface area contributed by atoms with Crippen LogP contribution in [0.25, 0.3) is 5.69 Å². The molecule has 0 spiro atoms. The number of carbonyl (C=O) groups excluding carboxylic acids is 1. The first-order valence-corrected chi connectivity index (χ1v) is 8.20. The van der Waals surface area contributed by atoms with E-state index in [1.807, 2.05) is 55.4 Å². The van der Waals surface area contributed by atoms with Crippen molar-refractivity contribution in [1.82, 2.24) is 30.4 Å². The standard InChI is InChI=1S/C18H21N7O/c1-24(2)17-15(4-3-9-20-17)11-22-18(26)21-10-14-5-7-16(8-6-14)25-13-19-12-23-25/h3-9,12-13H,10-11H2,1-2H3,(H2,21,22,26). The number of benzene rings is 1. The minimum atomic E-state index is -0.223. The number of hydrogen-bond donors (Lipinski definition) is 2. The van der Waals surface area contributed by atoms with E-state index in [1.54, 1.807) is 17.2 Å². The smallest absolute Gasteiger partial charge is 0.315 e. The van der Waals surface area contributed by atoms with E-state index < -0.39 is 0 Å². The van der Waals surface area contributed by atoms with Crippen molar-refractivity contribution in [3.8, 4) is 5.69 Å². The normalized spacial score (nSPS) is 10.4. The molecule has 3 rings (SSSR count). The predicted molar refractivity (Wildman–Crippen MR) is 99.0 cm³/mol. The van der Waals surface area contributed by atoms with Crippen molar-refractivity contribution < 1.29 is 4.79 Å². The molecule has 0 bridgehead atoms. The van der Waals surface area contributed by atoms with Crippen LogP contribution in [0.3, 0.4) is 0 Å². The highest BCUT2D eigenvalue weighted by molar-refractivity contribution is 5.74. The van der Waals surface area contributed by atoms with Crippen LogP contribution in [0.15, 0.2) is 55.2 Å². The van der Waals surface area contributed by atoms with Gasteiger partial charge in [0.2, 0.25) is 0 Å². The van der Waals surface area contributed by atoms with Crippen molar-refractivity contribution in [1.29, 1.82) is 0 Å². The summed E-state index contributed by atoms with van der Waals surface area (Å²) in [7, 11) is 3.85. The van der Waals surface area contributed by atoms with Gasteiger partial charge in [-0.15, -0.1) is 0 Å². The van der Waals surface area contributed by atoms with Gasteiger partial charge in [-0.1, -0.05) is 18.2 Å². The molecule has 0 atom stereocenters. The van der Waals surface area contributed by atoms with Crippen molar-refractivity contribution in [3.63, 3.8) is 0 Å². The second-order valence-corrected chi connectivity index (χ2v) is 5.92. The minimum Gasteiger partial charge on any atom is -0.362 e. The fourth-order valence-electron chi connectivity index (χ4n) is 2.50. The summed E-state index contributed by atoms with van der Waals surface area (Å²) < 4.78 is 1.68. The van der Waals surface area contributed by atoms with Crippen molar-refractivity contribution in [3.05, 3.63) is 66.4 Å². The van der Waals surface area contributed by atoms with Gasteiger partial charge in [-0.2, -0.15) is 5.10 Å². The fraction of sp³-hybridized carbons (Fsp3) is 0.222. The summed E-state index contributed by atoms with van der Waals surface area (Å²) in [5.74, 6) is 0.844. The molecule has 2 heterocycles. The number of pyridine rings is 1. The molecular weight excluding hydrogens is 330 g/mol. The molecule has 0 radical (unpaired) electrons. The molecule has 8 heteroatoms. The number of amides is 2. The maximum absolute atomic E-state index is 12.0. The molecule has 134 valence electrons. The summed E-state index contributed by atoms with van der Waals surface area (Å²) in [5.41, 5.74) is 2.88. The zero-order chi connectivity index (χ0) is 18.4. The highest BCUT2D eigenvalue weighted by atomic mass is 16.2. The van der Waals surface area contributed by atoms with Gasteiger partial charge in [-0.05, 0) is 23.8 Å². The van der Waals surface area contributed by atoms with Gasteiger partial charge >= 0.3 is 6.03 Å². The number of urea groups is 1. The topological polar surface area (TPSA) is 88.0 Å². The summed E-state index contributed by atoms with van der Waals surface area (Å²) >= 11 is 0. The first-order chi connectivity index (χ1) is 12.6. The Balaban J connectivity index is 1.50. The molecule has 2 aromatic heterocycles. The quantitative estimate of drug-likeness (QED) is 0.706. The minimum absolute atomic E-state index is 0.223. The summed E-state index contributed by atoms with van der Waals surface area (Å²) in [6.45, 7) is 0.857. The van der Waals surface area contributed by atoms with Gasteiger partial charge < -0.3 is 15.5 Å². The molecule has 0 unspecified atom stereocenters. The third kappa shape index (κ3) is 4.35. The lowest BCUT2D eigenvalue weighted by atomic mass is 10.2. The molecule has 3 aromatic rings. The molecule has 0 saturated carbocycles. The Kier molecular flexibility index (Phi) is 5.43. The molecule has 0 aliphatic carbocycles. The average molecular weight is 351 g/mol. The van der Waals surface area contributed by atoms with Gasteiger partial charge in [-0.25, -0.2) is 19.4 Å². The van der Waals surface area contributed by atoms with E-state index in [0.717, 1.165) is 22.6 Å². The van der Waals surface area contributed by atoms with Crippen LogP contribution in [0.2, 0.25) is 0 Å². The van der Waals surface area contributed by atoms with Gasteiger partial charge in [0.05, 0.1) is 5.69 Å². The van der Waals surface area contributed by atoms with Crippen molar-refractivity contribution >= 4 is 11.8 Å². The first-order valence-electron chi connectivity index (χ1n) is 8.20. The van der Waals surface area contributed by atoms with E-state index >= 15 is 0 Å². The number of carbonyl (C=O) groups is 1. The van der Waals surface area contributed by atoms with Crippen LogP contribution in [-0.4, -0.2) is 39.9 Å². The Morgan fingerprint density at radius 3 is 2.58 bits per heavy atom. The van der Waals surface area contributed by atoms with Crippen LogP contribution in [0.1, 0.15) is 11.1 Å². The zero-order valence-electron chi connectivity index (χ0n) is 14.8. The van der Waals surface area contributed by atoms with Gasteiger partial charge in [0.1, 0.15) is 18.5 Å². The van der Waals surface area contributed by atoms with Crippen LogP contribution in [0, 0.1) is 0 Å². The Morgan fingerprint density at radius 2 is 1.88 bits per heavy atom. The molecule has 2 N–H and O–H groups in total. The van der Waals surface area contributed by atoms with E-state index in [2.05, 4.69) is 25.7 Å². The first kappa shape index (κ1) is 17.4. The maximum atomic E-state index is 12.0. The SMILES string of the molecule is CN(C)c1ncccc1CNC(=O)NCc1ccc(-n2cncn2)cc1. The third-order valence-corrected chi connectivity index (χ3v) is 3.80. The molecule has 0 aliphatic rings. The Bertz CT molecular complexity index is 844. The molecule has 8 nitrogen and oxygen atoms in total. The molecule has 2 amide bonds. The maximum Gasteiger partial charge on any atom is 0.315 e. The van der Waals surface area contributed by atoms with Crippen molar-refractivity contribution in [2.45, 2.75) is 13.1 Å². The fourth-order valence-corrected chi connectivity index (χ4v) is 2.50. The lowest BCUT2D eigenvalue weighted by Crippen LogP contribution is -2.35. The molecule has 1 aromatic carbocycles. The van der Waals surface area contributed by atoms with E-state index in [0.29, 0.717) is 13.1 Å². The highest BCUT2D eigenvalue weighted by Crippen LogP contribution is 2.13. The molecule has 0 fully saturated rings. The molecule has 26 heavy (non-hydrogen) atoms. The monoisotopic (exact) mass is 351 g/mol. The predicted octanol–water partition coefficient (Wildman–Crippen LogP) is 1.73. The van der Waals surface area contributed by atoms with Crippen molar-refractivity contribution in [2.75, 3.05) is 19.0 Å². The van der Waals surface area contributed by atoms with E-state index in [9.17, 15) is 4.79 Å². The number of hydrogen-bond acceptors (Lipinski definition) is 5. The van der Waals surface area contributed by atoms with Crippen molar-refractivity contribution in [2.24, 2.45) is 0 Å².